The summed E-state index contributed by atoms with van der Waals surface area (Å²) >= 11 is 0. The summed E-state index contributed by atoms with van der Waals surface area (Å²) in [6.07, 6.45) is 9.10. The van der Waals surface area contributed by atoms with E-state index in [0.29, 0.717) is 12.2 Å². The highest BCUT2D eigenvalue weighted by Gasteiger charge is 2.10. The van der Waals surface area contributed by atoms with Gasteiger partial charge >= 0.3 is 0 Å². The van der Waals surface area contributed by atoms with E-state index in [-0.39, 0.29) is 5.56 Å². The molecular formula is C25H19N5O. The number of pyridine rings is 1. The third-order valence-electron chi connectivity index (χ3n) is 4.96. The first-order chi connectivity index (χ1) is 15.3. The van der Waals surface area contributed by atoms with Crippen LogP contribution in [0.15, 0.2) is 90.1 Å². The van der Waals surface area contributed by atoms with E-state index in [2.05, 4.69) is 27.1 Å². The summed E-state index contributed by atoms with van der Waals surface area (Å²) in [5.41, 5.74) is 5.35. The van der Waals surface area contributed by atoms with Crippen molar-refractivity contribution < 1.29 is 0 Å². The maximum absolute atomic E-state index is 12.5. The molecule has 1 N–H and O–H groups in total. The number of nitrogens with one attached hydrogen (secondary N) is 1. The van der Waals surface area contributed by atoms with Gasteiger partial charge in [-0.15, -0.1) is 0 Å². The summed E-state index contributed by atoms with van der Waals surface area (Å²) < 4.78 is 1.90. The SMILES string of the molecule is O=c1[nH]c2ccccc2nc1/C=C/c1cn(Cc2ccccc2)nc1-c1cccnc1. The molecule has 0 spiro atoms. The molecule has 0 radical (unpaired) electrons. The number of hydrogen-bond donors (Lipinski definition) is 1. The smallest absolute Gasteiger partial charge is 0.274 e. The average Bonchev–Trinajstić information content (AvgIpc) is 3.21. The quantitative estimate of drug-likeness (QED) is 0.470. The Morgan fingerprint density at radius 2 is 1.77 bits per heavy atom. The molecule has 0 saturated carbocycles. The maximum atomic E-state index is 12.5. The van der Waals surface area contributed by atoms with Gasteiger partial charge in [-0.25, -0.2) is 4.98 Å². The van der Waals surface area contributed by atoms with Gasteiger partial charge in [-0.1, -0.05) is 42.5 Å². The van der Waals surface area contributed by atoms with Crippen molar-refractivity contribution in [2.75, 3.05) is 0 Å². The number of nitrogens with zero attached hydrogens (tertiary/aromatic N) is 4. The van der Waals surface area contributed by atoms with Gasteiger partial charge in [-0.2, -0.15) is 5.10 Å². The van der Waals surface area contributed by atoms with Crippen LogP contribution in [0.2, 0.25) is 0 Å². The lowest BCUT2D eigenvalue weighted by Gasteiger charge is -2.01. The Labute approximate surface area is 178 Å². The van der Waals surface area contributed by atoms with Crippen molar-refractivity contribution in [3.8, 4) is 11.3 Å². The molecule has 0 atom stereocenters. The standard InChI is InChI=1S/C25H19N5O/c31-25-23(27-21-10-4-5-11-22(21)28-25)13-12-20-17-30(16-18-7-2-1-3-8-18)29-24(20)19-9-6-14-26-15-19/h1-15,17H,16H2,(H,28,31)/b13-12+. The summed E-state index contributed by atoms with van der Waals surface area (Å²) in [4.78, 5) is 24.1. The van der Waals surface area contributed by atoms with Crippen LogP contribution in [0.25, 0.3) is 34.4 Å². The molecule has 0 fully saturated rings. The molecule has 6 nitrogen and oxygen atoms in total. The molecule has 3 heterocycles. The first-order valence-electron chi connectivity index (χ1n) is 9.95. The second-order valence-corrected chi connectivity index (χ2v) is 7.16. The van der Waals surface area contributed by atoms with Crippen molar-refractivity contribution in [1.29, 1.82) is 0 Å². The molecule has 0 unspecified atom stereocenters. The van der Waals surface area contributed by atoms with Crippen molar-refractivity contribution in [2.24, 2.45) is 0 Å². The van der Waals surface area contributed by atoms with Crippen LogP contribution in [-0.4, -0.2) is 24.7 Å². The summed E-state index contributed by atoms with van der Waals surface area (Å²) in [6, 6.07) is 21.5. The third-order valence-corrected chi connectivity index (χ3v) is 4.96. The lowest BCUT2D eigenvalue weighted by molar-refractivity contribution is 0.689. The normalized spacial score (nSPS) is 11.4. The first-order valence-corrected chi connectivity index (χ1v) is 9.95. The number of para-hydroxylation sites is 2. The number of aromatic nitrogens is 5. The van der Waals surface area contributed by atoms with Gasteiger partial charge in [0, 0.05) is 29.7 Å². The van der Waals surface area contributed by atoms with Crippen LogP contribution < -0.4 is 5.56 Å². The van der Waals surface area contributed by atoms with E-state index in [0.717, 1.165) is 33.4 Å². The van der Waals surface area contributed by atoms with Gasteiger partial charge in [0.15, 0.2) is 0 Å². The number of aromatic amines is 1. The number of hydrogen-bond acceptors (Lipinski definition) is 4. The molecule has 0 bridgehead atoms. The van der Waals surface area contributed by atoms with Gasteiger partial charge in [0.05, 0.1) is 17.6 Å². The minimum absolute atomic E-state index is 0.227. The minimum Gasteiger partial charge on any atom is -0.319 e. The Bertz CT molecular complexity index is 1420. The Hall–Kier alpha value is -4.32. The molecule has 0 amide bonds. The highest BCUT2D eigenvalue weighted by Crippen LogP contribution is 2.23. The van der Waals surface area contributed by atoms with Gasteiger partial charge in [-0.3, -0.25) is 14.5 Å². The number of rotatable bonds is 5. The summed E-state index contributed by atoms with van der Waals surface area (Å²) in [5.74, 6) is 0. The van der Waals surface area contributed by atoms with Crippen molar-refractivity contribution in [1.82, 2.24) is 24.7 Å². The topological polar surface area (TPSA) is 76.5 Å². The van der Waals surface area contributed by atoms with E-state index in [1.54, 1.807) is 18.5 Å². The molecule has 0 saturated heterocycles. The van der Waals surface area contributed by atoms with Crippen molar-refractivity contribution in [2.45, 2.75) is 6.54 Å². The van der Waals surface area contributed by atoms with Gasteiger partial charge in [0.25, 0.3) is 5.56 Å². The maximum Gasteiger partial charge on any atom is 0.274 e. The van der Waals surface area contributed by atoms with E-state index < -0.39 is 0 Å². The van der Waals surface area contributed by atoms with Crippen molar-refractivity contribution >= 4 is 23.2 Å². The Morgan fingerprint density at radius 1 is 0.935 bits per heavy atom. The molecule has 6 heteroatoms. The summed E-state index contributed by atoms with van der Waals surface area (Å²) in [5, 5.41) is 4.78. The van der Waals surface area contributed by atoms with E-state index in [1.165, 1.54) is 0 Å². The fraction of sp³-hybridized carbons (Fsp3) is 0.0400. The minimum atomic E-state index is -0.227. The summed E-state index contributed by atoms with van der Waals surface area (Å²) in [6.45, 7) is 0.650. The predicted octanol–water partition coefficient (Wildman–Crippen LogP) is 4.40. The van der Waals surface area contributed by atoms with Crippen LogP contribution in [-0.2, 0) is 6.54 Å². The van der Waals surface area contributed by atoms with Crippen LogP contribution in [0.3, 0.4) is 0 Å². The zero-order valence-electron chi connectivity index (χ0n) is 16.6. The molecule has 0 aliphatic rings. The van der Waals surface area contributed by atoms with Crippen molar-refractivity contribution in [3.63, 3.8) is 0 Å². The molecule has 5 rings (SSSR count). The lowest BCUT2D eigenvalue weighted by atomic mass is 10.1. The monoisotopic (exact) mass is 405 g/mol. The molecule has 0 aliphatic carbocycles. The number of fused-ring (bicyclic) bond motifs is 1. The van der Waals surface area contributed by atoms with E-state index in [1.807, 2.05) is 71.6 Å². The Kier molecular flexibility index (Phi) is 4.94. The van der Waals surface area contributed by atoms with Crippen LogP contribution in [0.5, 0.6) is 0 Å². The van der Waals surface area contributed by atoms with E-state index >= 15 is 0 Å². The zero-order chi connectivity index (χ0) is 21.0. The molecular weight excluding hydrogens is 386 g/mol. The first kappa shape index (κ1) is 18.7. The second kappa shape index (κ2) is 8.20. The van der Waals surface area contributed by atoms with Crippen LogP contribution in [0, 0.1) is 0 Å². The molecule has 5 aromatic rings. The zero-order valence-corrected chi connectivity index (χ0v) is 16.6. The second-order valence-electron chi connectivity index (χ2n) is 7.16. The Morgan fingerprint density at radius 3 is 2.61 bits per heavy atom. The molecule has 3 aromatic heterocycles. The summed E-state index contributed by atoms with van der Waals surface area (Å²) in [7, 11) is 0. The lowest BCUT2D eigenvalue weighted by Crippen LogP contribution is -2.11. The fourth-order valence-electron chi connectivity index (χ4n) is 3.46. The van der Waals surface area contributed by atoms with Gasteiger partial charge < -0.3 is 4.98 Å². The highest BCUT2D eigenvalue weighted by molar-refractivity contribution is 5.80. The largest absolute Gasteiger partial charge is 0.319 e. The van der Waals surface area contributed by atoms with Gasteiger partial charge in [-0.05, 0) is 42.0 Å². The molecule has 150 valence electrons. The molecule has 31 heavy (non-hydrogen) atoms. The van der Waals surface area contributed by atoms with Gasteiger partial charge in [0.1, 0.15) is 11.4 Å². The average molecular weight is 405 g/mol. The fourth-order valence-corrected chi connectivity index (χ4v) is 3.46. The third kappa shape index (κ3) is 4.04. The van der Waals surface area contributed by atoms with Gasteiger partial charge in [0.2, 0.25) is 0 Å². The van der Waals surface area contributed by atoms with E-state index in [4.69, 9.17) is 5.10 Å². The number of H-pyrrole nitrogens is 1. The number of benzene rings is 2. The molecule has 2 aromatic carbocycles. The van der Waals surface area contributed by atoms with E-state index in [9.17, 15) is 4.79 Å². The van der Waals surface area contributed by atoms with Crippen LogP contribution in [0.4, 0.5) is 0 Å². The Balaban J connectivity index is 1.54. The predicted molar refractivity (Wildman–Crippen MR) is 122 cm³/mol. The molecule has 0 aliphatic heterocycles. The van der Waals surface area contributed by atoms with Crippen molar-refractivity contribution in [3.05, 3.63) is 112 Å². The van der Waals surface area contributed by atoms with Crippen LogP contribution in [0.1, 0.15) is 16.8 Å². The van der Waals surface area contributed by atoms with Crippen LogP contribution >= 0.6 is 0 Å². The highest BCUT2D eigenvalue weighted by atomic mass is 16.1.